The molecule has 0 saturated carbocycles. The standard InChI is InChI=1S/C26H31NO3S2/c1-17(2)16-27(26-13-19-5-3-4-6-25(19)31-26)32-20-7-8-23-21(14-20)22(28)15-24(30-23)18-9-11-29-12-10-18/h3-8,13-14,17-18,22,24,28H,9-12,15-16H2,1-2H3. The fraction of sp³-hybridized carbons (Fsp3) is 0.462. The lowest BCUT2D eigenvalue weighted by Crippen LogP contribution is -2.36. The number of hydrogen-bond acceptors (Lipinski definition) is 6. The van der Waals surface area contributed by atoms with Crippen molar-refractivity contribution < 1.29 is 14.6 Å². The number of ether oxygens (including phenoxy) is 2. The third kappa shape index (κ3) is 4.79. The van der Waals surface area contributed by atoms with Crippen LogP contribution < -0.4 is 9.04 Å². The van der Waals surface area contributed by atoms with Crippen molar-refractivity contribution in [3.05, 3.63) is 54.1 Å². The maximum absolute atomic E-state index is 10.9. The topological polar surface area (TPSA) is 41.9 Å². The first-order valence-corrected chi connectivity index (χ1v) is 13.2. The van der Waals surface area contributed by atoms with E-state index in [-0.39, 0.29) is 6.10 Å². The molecule has 0 aliphatic carbocycles. The smallest absolute Gasteiger partial charge is 0.125 e. The molecule has 1 fully saturated rings. The zero-order valence-corrected chi connectivity index (χ0v) is 20.3. The highest BCUT2D eigenvalue weighted by molar-refractivity contribution is 8.00. The number of anilines is 1. The van der Waals surface area contributed by atoms with Crippen molar-refractivity contribution in [3.8, 4) is 5.75 Å². The van der Waals surface area contributed by atoms with Crippen molar-refractivity contribution >= 4 is 38.4 Å². The second kappa shape index (κ2) is 9.64. The van der Waals surface area contributed by atoms with E-state index in [1.54, 1.807) is 11.9 Å². The molecule has 0 radical (unpaired) electrons. The first kappa shape index (κ1) is 22.1. The Morgan fingerprint density at radius 3 is 2.72 bits per heavy atom. The molecule has 3 aromatic rings. The van der Waals surface area contributed by atoms with Crippen molar-refractivity contribution in [2.45, 2.75) is 50.2 Å². The summed E-state index contributed by atoms with van der Waals surface area (Å²) in [4.78, 5) is 1.13. The molecule has 0 spiro atoms. The fourth-order valence-electron chi connectivity index (χ4n) is 4.61. The molecule has 3 heterocycles. The van der Waals surface area contributed by atoms with Gasteiger partial charge in [0.25, 0.3) is 0 Å². The van der Waals surface area contributed by atoms with E-state index in [1.807, 2.05) is 17.4 Å². The summed E-state index contributed by atoms with van der Waals surface area (Å²) in [5.74, 6) is 1.84. The summed E-state index contributed by atoms with van der Waals surface area (Å²) in [5, 5.41) is 13.5. The quantitative estimate of drug-likeness (QED) is 0.408. The molecule has 6 heteroatoms. The largest absolute Gasteiger partial charge is 0.490 e. The van der Waals surface area contributed by atoms with Gasteiger partial charge in [0.2, 0.25) is 0 Å². The fourth-order valence-corrected chi connectivity index (χ4v) is 6.89. The summed E-state index contributed by atoms with van der Waals surface area (Å²) < 4.78 is 15.5. The summed E-state index contributed by atoms with van der Waals surface area (Å²) in [7, 11) is 0. The van der Waals surface area contributed by atoms with Crippen LogP contribution in [0.2, 0.25) is 0 Å². The van der Waals surface area contributed by atoms with Gasteiger partial charge in [0.05, 0.1) is 6.10 Å². The Balaban J connectivity index is 1.36. The van der Waals surface area contributed by atoms with Gasteiger partial charge in [0, 0.05) is 47.3 Å². The maximum atomic E-state index is 10.9. The van der Waals surface area contributed by atoms with Crippen LogP contribution in [0.5, 0.6) is 5.75 Å². The third-order valence-corrected chi connectivity index (χ3v) is 8.56. The number of nitrogens with zero attached hydrogens (tertiary/aromatic N) is 1. The number of rotatable bonds is 6. The summed E-state index contributed by atoms with van der Waals surface area (Å²) in [5.41, 5.74) is 0.916. The van der Waals surface area contributed by atoms with E-state index in [0.29, 0.717) is 18.3 Å². The summed E-state index contributed by atoms with van der Waals surface area (Å²) in [6, 6.07) is 17.1. The van der Waals surface area contributed by atoms with E-state index in [9.17, 15) is 5.11 Å². The molecule has 2 unspecified atom stereocenters. The number of hydrogen-bond donors (Lipinski definition) is 1. The van der Waals surface area contributed by atoms with E-state index >= 15 is 0 Å². The van der Waals surface area contributed by atoms with Gasteiger partial charge >= 0.3 is 0 Å². The van der Waals surface area contributed by atoms with Crippen LogP contribution in [0, 0.1) is 11.8 Å². The van der Waals surface area contributed by atoms with Crippen LogP contribution in [0.4, 0.5) is 5.00 Å². The number of fused-ring (bicyclic) bond motifs is 2. The molecule has 2 atom stereocenters. The van der Waals surface area contributed by atoms with Crippen molar-refractivity contribution in [2.75, 3.05) is 24.1 Å². The number of thiophene rings is 1. The number of benzene rings is 2. The van der Waals surface area contributed by atoms with Gasteiger partial charge in [0.15, 0.2) is 0 Å². The van der Waals surface area contributed by atoms with E-state index in [4.69, 9.17) is 9.47 Å². The van der Waals surface area contributed by atoms with Crippen LogP contribution in [0.3, 0.4) is 0 Å². The predicted octanol–water partition coefficient (Wildman–Crippen LogP) is 6.68. The van der Waals surface area contributed by atoms with Crippen molar-refractivity contribution in [2.24, 2.45) is 11.8 Å². The highest BCUT2D eigenvalue weighted by atomic mass is 32.2. The van der Waals surface area contributed by atoms with Crippen molar-refractivity contribution in [1.82, 2.24) is 0 Å². The van der Waals surface area contributed by atoms with Gasteiger partial charge in [-0.3, -0.25) is 0 Å². The van der Waals surface area contributed by atoms with Crippen molar-refractivity contribution in [3.63, 3.8) is 0 Å². The minimum absolute atomic E-state index is 0.0795. The highest BCUT2D eigenvalue weighted by Gasteiger charge is 2.33. The highest BCUT2D eigenvalue weighted by Crippen LogP contribution is 2.43. The van der Waals surface area contributed by atoms with Gasteiger partial charge in [-0.25, -0.2) is 0 Å². The summed E-state index contributed by atoms with van der Waals surface area (Å²) in [6.07, 6.45) is 2.29. The number of aliphatic hydroxyl groups is 1. The molecule has 0 bridgehead atoms. The predicted molar refractivity (Wildman–Crippen MR) is 134 cm³/mol. The molecular formula is C26H31NO3S2. The summed E-state index contributed by atoms with van der Waals surface area (Å²) >= 11 is 3.58. The molecular weight excluding hydrogens is 438 g/mol. The molecule has 1 saturated heterocycles. The maximum Gasteiger partial charge on any atom is 0.125 e. The van der Waals surface area contributed by atoms with E-state index in [2.05, 4.69) is 60.6 Å². The normalized spacial score (nSPS) is 21.5. The zero-order chi connectivity index (χ0) is 22.1. The molecule has 5 rings (SSSR count). The van der Waals surface area contributed by atoms with Crippen LogP contribution >= 0.6 is 23.3 Å². The third-order valence-electron chi connectivity index (χ3n) is 6.27. The van der Waals surface area contributed by atoms with Gasteiger partial charge < -0.3 is 18.9 Å². The Morgan fingerprint density at radius 2 is 1.94 bits per heavy atom. The van der Waals surface area contributed by atoms with Gasteiger partial charge in [-0.05, 0) is 66.4 Å². The molecule has 1 aromatic heterocycles. The zero-order valence-electron chi connectivity index (χ0n) is 18.7. The molecule has 2 aromatic carbocycles. The van der Waals surface area contributed by atoms with Gasteiger partial charge in [-0.1, -0.05) is 32.0 Å². The van der Waals surface area contributed by atoms with Crippen LogP contribution in [0.25, 0.3) is 10.1 Å². The minimum atomic E-state index is -0.477. The second-order valence-corrected chi connectivity index (χ2v) is 11.4. The lowest BCUT2D eigenvalue weighted by molar-refractivity contribution is -0.0151. The van der Waals surface area contributed by atoms with Gasteiger partial charge in [-0.15, -0.1) is 11.3 Å². The molecule has 2 aliphatic heterocycles. The van der Waals surface area contributed by atoms with Gasteiger partial charge in [-0.2, -0.15) is 0 Å². The molecule has 1 N–H and O–H groups in total. The lowest BCUT2D eigenvalue weighted by Gasteiger charge is -2.36. The van der Waals surface area contributed by atoms with Crippen LogP contribution in [0.15, 0.2) is 53.4 Å². The molecule has 4 nitrogen and oxygen atoms in total. The molecule has 2 aliphatic rings. The average Bonchev–Trinajstić information content (AvgIpc) is 3.23. The Kier molecular flexibility index (Phi) is 6.65. The Bertz CT molecular complexity index is 1030. The van der Waals surface area contributed by atoms with Crippen LogP contribution in [-0.2, 0) is 4.74 Å². The van der Waals surface area contributed by atoms with Crippen LogP contribution in [0.1, 0.15) is 44.8 Å². The van der Waals surface area contributed by atoms with Gasteiger partial charge in [0.1, 0.15) is 16.9 Å². The lowest BCUT2D eigenvalue weighted by atomic mass is 9.87. The first-order valence-electron chi connectivity index (χ1n) is 11.6. The van der Waals surface area contributed by atoms with E-state index in [0.717, 1.165) is 48.8 Å². The Hall–Kier alpha value is -1.73. The monoisotopic (exact) mass is 469 g/mol. The number of aliphatic hydroxyl groups excluding tert-OH is 1. The van der Waals surface area contributed by atoms with E-state index in [1.165, 1.54) is 15.1 Å². The summed E-state index contributed by atoms with van der Waals surface area (Å²) in [6.45, 7) is 7.06. The molecule has 32 heavy (non-hydrogen) atoms. The van der Waals surface area contributed by atoms with Crippen molar-refractivity contribution in [1.29, 1.82) is 0 Å². The molecule has 0 amide bonds. The Labute approximate surface area is 198 Å². The SMILES string of the molecule is CC(C)CN(Sc1ccc2c(c1)C(O)CC(C1CCOCC1)O2)c1cc2ccccc2s1. The second-order valence-electron chi connectivity index (χ2n) is 9.23. The van der Waals surface area contributed by atoms with E-state index < -0.39 is 6.10 Å². The average molecular weight is 470 g/mol. The Morgan fingerprint density at radius 1 is 1.12 bits per heavy atom. The minimum Gasteiger partial charge on any atom is -0.490 e. The first-order chi connectivity index (χ1) is 15.6. The van der Waals surface area contributed by atoms with Crippen LogP contribution in [-0.4, -0.2) is 31.0 Å². The molecule has 170 valence electrons.